The van der Waals surface area contributed by atoms with Crippen molar-refractivity contribution in [1.29, 1.82) is 0 Å². The highest BCUT2D eigenvalue weighted by molar-refractivity contribution is 7.80. The molecule has 1 saturated heterocycles. The van der Waals surface area contributed by atoms with Crippen LogP contribution in [0.5, 0.6) is 0 Å². The molecule has 2 rings (SSSR count). The maximum absolute atomic E-state index is 12.5. The third-order valence-electron chi connectivity index (χ3n) is 4.16. The smallest absolute Gasteiger partial charge is 0.253 e. The molecule has 1 aliphatic heterocycles. The van der Waals surface area contributed by atoms with Gasteiger partial charge in [-0.25, -0.2) is 0 Å². The number of nitrogens with two attached hydrogens (primary N) is 1. The number of hydrogen-bond acceptors (Lipinski definition) is 2. The molecule has 20 heavy (non-hydrogen) atoms. The van der Waals surface area contributed by atoms with Crippen LogP contribution < -0.4 is 5.73 Å². The summed E-state index contributed by atoms with van der Waals surface area (Å²) < 4.78 is 0. The Morgan fingerprint density at radius 1 is 1.30 bits per heavy atom. The summed E-state index contributed by atoms with van der Waals surface area (Å²) in [6, 6.07) is 7.30. The first-order chi connectivity index (χ1) is 9.49. The van der Waals surface area contributed by atoms with E-state index in [0.717, 1.165) is 37.4 Å². The lowest BCUT2D eigenvalue weighted by Gasteiger charge is -2.34. The summed E-state index contributed by atoms with van der Waals surface area (Å²) in [5, 5.41) is 0. The Labute approximate surface area is 126 Å². The van der Waals surface area contributed by atoms with Gasteiger partial charge in [-0.05, 0) is 36.8 Å². The van der Waals surface area contributed by atoms with Crippen molar-refractivity contribution in [2.24, 2.45) is 17.6 Å². The molecule has 1 heterocycles. The highest BCUT2D eigenvalue weighted by atomic mass is 32.1. The number of nitrogens with zero attached hydrogens (tertiary/aromatic N) is 1. The van der Waals surface area contributed by atoms with Crippen molar-refractivity contribution in [2.45, 2.75) is 26.7 Å². The van der Waals surface area contributed by atoms with Crippen LogP contribution in [0.3, 0.4) is 0 Å². The van der Waals surface area contributed by atoms with Crippen LogP contribution >= 0.6 is 12.2 Å². The Morgan fingerprint density at radius 2 is 1.90 bits per heavy atom. The Bertz CT molecular complexity index is 505. The largest absolute Gasteiger partial charge is 0.389 e. The van der Waals surface area contributed by atoms with Gasteiger partial charge in [0, 0.05) is 24.2 Å². The van der Waals surface area contributed by atoms with Crippen LogP contribution in [0.4, 0.5) is 0 Å². The molecule has 0 atom stereocenters. The lowest BCUT2D eigenvalue weighted by Crippen LogP contribution is -2.39. The molecule has 1 amide bonds. The van der Waals surface area contributed by atoms with Crippen molar-refractivity contribution in [1.82, 2.24) is 4.90 Å². The topological polar surface area (TPSA) is 46.3 Å². The van der Waals surface area contributed by atoms with Crippen molar-refractivity contribution < 1.29 is 4.79 Å². The number of benzene rings is 1. The number of carbonyl (C=O) groups excluding carboxylic acids is 1. The van der Waals surface area contributed by atoms with Crippen molar-refractivity contribution in [3.63, 3.8) is 0 Å². The second-order valence-corrected chi connectivity index (χ2v) is 6.26. The van der Waals surface area contributed by atoms with E-state index in [-0.39, 0.29) is 5.91 Å². The Hall–Kier alpha value is -1.42. The molecule has 0 radical (unpaired) electrons. The van der Waals surface area contributed by atoms with Gasteiger partial charge in [0.25, 0.3) is 5.91 Å². The number of hydrogen-bond donors (Lipinski definition) is 1. The SMILES string of the molecule is CC(C)C1CCN(C(=O)c2cccc(C(N)=S)c2)CC1. The summed E-state index contributed by atoms with van der Waals surface area (Å²) in [5.41, 5.74) is 7.05. The van der Waals surface area contributed by atoms with Crippen LogP contribution in [0.2, 0.25) is 0 Å². The van der Waals surface area contributed by atoms with Crippen LogP contribution in [-0.4, -0.2) is 28.9 Å². The molecular weight excluding hydrogens is 268 g/mol. The van der Waals surface area contributed by atoms with E-state index >= 15 is 0 Å². The summed E-state index contributed by atoms with van der Waals surface area (Å²) >= 11 is 4.96. The second kappa shape index (κ2) is 6.35. The summed E-state index contributed by atoms with van der Waals surface area (Å²) in [6.45, 7) is 6.21. The molecule has 0 aromatic heterocycles. The third kappa shape index (κ3) is 3.37. The van der Waals surface area contributed by atoms with Crippen molar-refractivity contribution >= 4 is 23.1 Å². The van der Waals surface area contributed by atoms with Gasteiger partial charge in [-0.15, -0.1) is 0 Å². The van der Waals surface area contributed by atoms with Crippen LogP contribution in [-0.2, 0) is 0 Å². The molecule has 1 fully saturated rings. The number of thiocarbonyl (C=S) groups is 1. The lowest BCUT2D eigenvalue weighted by atomic mass is 9.86. The Kier molecular flexibility index (Phi) is 4.76. The van der Waals surface area contributed by atoms with E-state index in [9.17, 15) is 4.79 Å². The summed E-state index contributed by atoms with van der Waals surface area (Å²) in [6.07, 6.45) is 2.19. The van der Waals surface area contributed by atoms with E-state index in [1.165, 1.54) is 0 Å². The second-order valence-electron chi connectivity index (χ2n) is 5.82. The van der Waals surface area contributed by atoms with Crippen molar-refractivity contribution in [3.8, 4) is 0 Å². The van der Waals surface area contributed by atoms with Crippen LogP contribution in [0.15, 0.2) is 24.3 Å². The van der Waals surface area contributed by atoms with Gasteiger partial charge in [0.05, 0.1) is 0 Å². The van der Waals surface area contributed by atoms with Gasteiger partial charge >= 0.3 is 0 Å². The van der Waals surface area contributed by atoms with E-state index < -0.39 is 0 Å². The van der Waals surface area contributed by atoms with Gasteiger partial charge in [0.2, 0.25) is 0 Å². The van der Waals surface area contributed by atoms with Gasteiger partial charge in [-0.2, -0.15) is 0 Å². The Balaban J connectivity index is 2.05. The molecule has 3 nitrogen and oxygen atoms in total. The molecule has 1 aromatic carbocycles. The van der Waals surface area contributed by atoms with E-state index in [4.69, 9.17) is 18.0 Å². The quantitative estimate of drug-likeness (QED) is 0.871. The summed E-state index contributed by atoms with van der Waals surface area (Å²) in [4.78, 5) is 14.8. The predicted octanol–water partition coefficient (Wildman–Crippen LogP) is 2.83. The van der Waals surface area contributed by atoms with Gasteiger partial charge in [0.15, 0.2) is 0 Å². The molecule has 0 bridgehead atoms. The van der Waals surface area contributed by atoms with Crippen LogP contribution in [0.25, 0.3) is 0 Å². The van der Waals surface area contributed by atoms with Gasteiger partial charge in [0.1, 0.15) is 4.99 Å². The maximum Gasteiger partial charge on any atom is 0.253 e. The minimum Gasteiger partial charge on any atom is -0.389 e. The molecule has 2 N–H and O–H groups in total. The lowest BCUT2D eigenvalue weighted by molar-refractivity contribution is 0.0667. The van der Waals surface area contributed by atoms with Crippen LogP contribution in [0, 0.1) is 11.8 Å². The van der Waals surface area contributed by atoms with E-state index in [2.05, 4.69) is 13.8 Å². The first-order valence-electron chi connectivity index (χ1n) is 7.18. The minimum atomic E-state index is 0.0882. The first-order valence-corrected chi connectivity index (χ1v) is 7.59. The number of likely N-dealkylation sites (tertiary alicyclic amines) is 1. The van der Waals surface area contributed by atoms with E-state index in [1.807, 2.05) is 23.1 Å². The standard InChI is InChI=1S/C16H22N2OS/c1-11(2)12-6-8-18(9-7-12)16(19)14-5-3-4-13(10-14)15(17)20/h3-5,10-12H,6-9H2,1-2H3,(H2,17,20). The van der Waals surface area contributed by atoms with Crippen molar-refractivity contribution in [3.05, 3.63) is 35.4 Å². The molecule has 0 spiro atoms. The summed E-state index contributed by atoms with van der Waals surface area (Å²) in [5.74, 6) is 1.53. The molecule has 0 unspecified atom stereocenters. The molecule has 1 aromatic rings. The van der Waals surface area contributed by atoms with Crippen molar-refractivity contribution in [2.75, 3.05) is 13.1 Å². The molecular formula is C16H22N2OS. The van der Waals surface area contributed by atoms with Crippen LogP contribution in [0.1, 0.15) is 42.6 Å². The average Bonchev–Trinajstić information content (AvgIpc) is 2.46. The number of amides is 1. The minimum absolute atomic E-state index is 0.0882. The monoisotopic (exact) mass is 290 g/mol. The third-order valence-corrected chi connectivity index (χ3v) is 4.40. The zero-order valence-electron chi connectivity index (χ0n) is 12.1. The number of rotatable bonds is 3. The fraction of sp³-hybridized carbons (Fsp3) is 0.500. The highest BCUT2D eigenvalue weighted by Crippen LogP contribution is 2.25. The first kappa shape index (κ1) is 15.0. The number of carbonyl (C=O) groups is 1. The fourth-order valence-corrected chi connectivity index (χ4v) is 2.88. The van der Waals surface area contributed by atoms with E-state index in [1.54, 1.807) is 6.07 Å². The Morgan fingerprint density at radius 3 is 2.45 bits per heavy atom. The van der Waals surface area contributed by atoms with Gasteiger partial charge in [-0.1, -0.05) is 38.2 Å². The molecule has 1 aliphatic rings. The predicted molar refractivity (Wildman–Crippen MR) is 85.8 cm³/mol. The fourth-order valence-electron chi connectivity index (χ4n) is 2.76. The highest BCUT2D eigenvalue weighted by Gasteiger charge is 2.25. The molecule has 4 heteroatoms. The molecule has 0 saturated carbocycles. The zero-order chi connectivity index (χ0) is 14.7. The molecule has 108 valence electrons. The average molecular weight is 290 g/mol. The zero-order valence-corrected chi connectivity index (χ0v) is 13.0. The summed E-state index contributed by atoms with van der Waals surface area (Å²) in [7, 11) is 0. The maximum atomic E-state index is 12.5. The van der Waals surface area contributed by atoms with Gasteiger partial charge in [-0.3, -0.25) is 4.79 Å². The molecule has 0 aliphatic carbocycles. The normalized spacial score (nSPS) is 16.4. The van der Waals surface area contributed by atoms with E-state index in [0.29, 0.717) is 16.5 Å². The van der Waals surface area contributed by atoms with Gasteiger partial charge < -0.3 is 10.6 Å². The number of piperidine rings is 1.